The molecule has 12 amide bonds. The molecule has 0 radical (unpaired) electrons. The lowest BCUT2D eigenvalue weighted by molar-refractivity contribution is -0.157. The van der Waals surface area contributed by atoms with Crippen molar-refractivity contribution in [3.05, 3.63) is 89.5 Å². The number of aliphatic carboxylic acids is 6. The maximum absolute atomic E-state index is 15.4. The molecule has 3 heterocycles. The van der Waals surface area contributed by atoms with E-state index in [2.05, 4.69) is 58.5 Å². The van der Waals surface area contributed by atoms with Crippen LogP contribution in [0.25, 0.3) is 0 Å². The molecule has 2 bridgehead atoms. The van der Waals surface area contributed by atoms with Crippen molar-refractivity contribution < 1.29 is 136 Å². The predicted molar refractivity (Wildman–Crippen MR) is 423 cm³/mol. The monoisotopic (exact) mass is 1720 g/mol. The number of phenolic OH excluding ortho intramolecular Hbond substituents is 1. The largest absolute Gasteiger partial charge is 0.507 e. The Morgan fingerprint density at radius 2 is 1.02 bits per heavy atom. The van der Waals surface area contributed by atoms with Crippen LogP contribution in [0.4, 0.5) is 5.69 Å². The molecule has 3 saturated heterocycles. The minimum atomic E-state index is -5.27. The number of hydrogen-bond acceptors (Lipinski definition) is 21. The quantitative estimate of drug-likeness (QED) is 0.0164. The molecule has 660 valence electrons. The third kappa shape index (κ3) is 30.0. The van der Waals surface area contributed by atoms with Crippen molar-refractivity contribution in [1.29, 1.82) is 5.41 Å². The van der Waals surface area contributed by atoms with E-state index in [1.54, 1.807) is 58.0 Å². The Morgan fingerprint density at radius 3 is 1.54 bits per heavy atom. The zero-order chi connectivity index (χ0) is 89.9. The number of rotatable bonds is 47. The summed E-state index contributed by atoms with van der Waals surface area (Å²) in [7, 11) is -5.27. The molecule has 1 aliphatic carbocycles. The Labute approximate surface area is 692 Å². The van der Waals surface area contributed by atoms with Crippen LogP contribution in [0.15, 0.2) is 72.8 Å². The summed E-state index contributed by atoms with van der Waals surface area (Å²) in [5.74, 6) is -25.0. The molecule has 0 spiro atoms. The molecule has 1 saturated carbocycles. The zero-order valence-corrected chi connectivity index (χ0v) is 67.5. The number of nitrogens with zero attached hydrogens (tertiary/aromatic N) is 2. The number of carbonyl (C=O) groups excluding carboxylic acids is 12. The van der Waals surface area contributed by atoms with E-state index in [4.69, 9.17) is 11.1 Å². The second kappa shape index (κ2) is 45.5. The van der Waals surface area contributed by atoms with E-state index in [0.29, 0.717) is 36.9 Å². The van der Waals surface area contributed by atoms with Gasteiger partial charge < -0.3 is 120 Å². The number of anilines is 1. The van der Waals surface area contributed by atoms with Gasteiger partial charge in [0.15, 0.2) is 5.96 Å². The molecule has 44 heteroatoms. The van der Waals surface area contributed by atoms with Crippen LogP contribution in [0, 0.1) is 23.2 Å². The number of carboxylic acid groups (broad SMARTS) is 6. The van der Waals surface area contributed by atoms with Crippen molar-refractivity contribution in [2.24, 2.45) is 23.5 Å². The molecule has 0 unspecified atom stereocenters. The second-order valence-corrected chi connectivity index (χ2v) is 31.8. The topological polar surface area (TPSA) is 695 Å². The minimum absolute atomic E-state index is 0.0618. The molecule has 121 heavy (non-hydrogen) atoms. The van der Waals surface area contributed by atoms with Gasteiger partial charge >= 0.3 is 43.4 Å². The highest BCUT2D eigenvalue weighted by Gasteiger charge is 2.51. The first-order valence-electron chi connectivity index (χ1n) is 39.0. The fourth-order valence-electron chi connectivity index (χ4n) is 14.3. The Kier molecular flexibility index (Phi) is 36.5. The maximum atomic E-state index is 15.4. The lowest BCUT2D eigenvalue weighted by Gasteiger charge is -2.51. The molecular weight excluding hydrogens is 1610 g/mol. The Morgan fingerprint density at radius 1 is 0.529 bits per heavy atom. The highest BCUT2D eigenvalue weighted by Crippen LogP contribution is 2.41. The van der Waals surface area contributed by atoms with Gasteiger partial charge in [0, 0.05) is 62.4 Å². The number of likely N-dealkylation sites (tertiary alicyclic amines) is 1. The number of hydrogen-bond donors (Lipinski definition) is 22. The Bertz CT molecular complexity index is 4390. The summed E-state index contributed by atoms with van der Waals surface area (Å²) in [6.45, 7) is 5.56. The van der Waals surface area contributed by atoms with E-state index in [1.165, 1.54) is 29.2 Å². The summed E-state index contributed by atoms with van der Waals surface area (Å²) >= 11 is 0. The fraction of sp³-hybridized carbons (Fsp3) is 0.519. The van der Waals surface area contributed by atoms with Gasteiger partial charge in [0.2, 0.25) is 65.0 Å². The lowest BCUT2D eigenvalue weighted by atomic mass is 9.73. The molecule has 3 aromatic rings. The number of nitrogens with two attached hydrogens (primary N) is 1. The van der Waals surface area contributed by atoms with Crippen molar-refractivity contribution in [3.8, 4) is 5.75 Å². The van der Waals surface area contributed by atoms with E-state index in [1.807, 2.05) is 0 Å². The number of fused-ring (bicyclic) bond motifs is 3. The fourth-order valence-corrected chi connectivity index (χ4v) is 15.0. The molecule has 4 aliphatic rings. The number of phenols is 1. The first-order chi connectivity index (χ1) is 56.9. The average molecular weight is 1720 g/mol. The number of guanidine groups is 1. The summed E-state index contributed by atoms with van der Waals surface area (Å²) < 4.78 is 12.4. The smallest absolute Gasteiger partial charge is 0.359 e. The summed E-state index contributed by atoms with van der Waals surface area (Å²) in [6, 6.07) is -3.46. The summed E-state index contributed by atoms with van der Waals surface area (Å²) in [6.07, 6.45) is -6.64. The molecule has 12 atom stereocenters. The van der Waals surface area contributed by atoms with Gasteiger partial charge in [-0.05, 0) is 136 Å². The highest BCUT2D eigenvalue weighted by atomic mass is 31.2. The molecule has 3 aromatic carbocycles. The van der Waals surface area contributed by atoms with Crippen LogP contribution in [0.2, 0.25) is 0 Å². The van der Waals surface area contributed by atoms with Crippen molar-refractivity contribution in [1.82, 2.24) is 63.0 Å². The van der Waals surface area contributed by atoms with Crippen LogP contribution in [0.3, 0.4) is 0 Å². The number of carboxylic acids is 6. The van der Waals surface area contributed by atoms with Gasteiger partial charge in [-0.3, -0.25) is 91.5 Å². The van der Waals surface area contributed by atoms with E-state index in [0.717, 1.165) is 23.1 Å². The molecule has 43 nitrogen and oxygen atoms in total. The second-order valence-electron chi connectivity index (χ2n) is 30.2. The van der Waals surface area contributed by atoms with Gasteiger partial charge in [-0.1, -0.05) is 70.5 Å². The summed E-state index contributed by atoms with van der Waals surface area (Å²) in [4.78, 5) is 268. The van der Waals surface area contributed by atoms with Crippen LogP contribution >= 0.6 is 7.60 Å². The normalized spacial score (nSPS) is 17.9. The minimum Gasteiger partial charge on any atom is -0.507 e. The standard InChI is InChI=1S/C77H104N15O28P/c1-5-39(4)63(90-73(113)64-42-16-20-45(21-17-42)92(64)74(114)48(24-29-60(99)100)85-69(109)51(33-40-10-7-6-8-11-40)89-71(111)53(36-62(103)104)82-57(94)37-80-65(105)43-14-18-44(19-15-43)81-77(78)79)75(115)91-31-9-12-54(91)72(112)84-47(23-28-59(97)98)66(106)83-46(22-27-58(95)96)67(107)88-52(34-41-13-26-55(93)56(35-41)121(118,119)120)70(110)87-50(32-38(2)3)68(108)86-49(76(116)117)25-30-61(101)102/h6-8,10-11,13-15,18-19,26,35,38-39,42,45-54,63-64,93H,5,9,12,16-17,20-25,27-34,36-37H2,1-4H3,(H,80,105)(H,82,94)(H,83,106)(H,84,112)(H,85,109)(H,86,108)(H,87,110)(H,88,107)(H,89,111)(H,90,113)(H,95,96)(H,97,98)(H,99,100)(H,101,102)(H,103,104)(H,116,117)(H4,78,79,81)(H2,118,119,120)/t39-,42?,45?,46-,47-,48-,49+,50-,51-,52-,53-,54-,63-,64-/m0/s1. The zero-order valence-electron chi connectivity index (χ0n) is 66.6. The molecule has 7 rings (SSSR count). The Hall–Kier alpha value is -12.7. The molecule has 4 fully saturated rings. The highest BCUT2D eigenvalue weighted by molar-refractivity contribution is 7.60. The first-order valence-corrected chi connectivity index (χ1v) is 40.6. The van der Waals surface area contributed by atoms with Gasteiger partial charge in [-0.2, -0.15) is 0 Å². The van der Waals surface area contributed by atoms with Crippen LogP contribution in [0.5, 0.6) is 5.75 Å². The molecule has 0 aromatic heterocycles. The Balaban J connectivity index is 1.24. The number of carbonyl (C=O) groups is 18. The van der Waals surface area contributed by atoms with Crippen molar-refractivity contribution in [2.45, 2.75) is 222 Å². The van der Waals surface area contributed by atoms with Crippen LogP contribution in [0.1, 0.15) is 158 Å². The number of aromatic hydroxyl groups is 1. The van der Waals surface area contributed by atoms with E-state index < -0.39 is 286 Å². The first kappa shape index (κ1) is 97.2. The van der Waals surface area contributed by atoms with Crippen LogP contribution in [-0.2, 0) is 98.9 Å². The van der Waals surface area contributed by atoms with E-state index in [9.17, 15) is 122 Å². The van der Waals surface area contributed by atoms with Gasteiger partial charge in [-0.15, -0.1) is 0 Å². The molecule has 23 N–H and O–H groups in total. The third-order valence-electron chi connectivity index (χ3n) is 20.7. The number of nitrogens with one attached hydrogen (secondary N) is 12. The van der Waals surface area contributed by atoms with Crippen molar-refractivity contribution >= 4 is 131 Å². The third-order valence-corrected chi connectivity index (χ3v) is 21.6. The van der Waals surface area contributed by atoms with Gasteiger partial charge in [0.25, 0.3) is 5.91 Å². The van der Waals surface area contributed by atoms with Crippen molar-refractivity contribution in [2.75, 3.05) is 18.4 Å². The SMILES string of the molecule is CC[C@H](C)[C@H](NC(=O)[C@@H]1C2CCC(CC2)N1C(=O)[C@H](CCC(=O)O)NC(=O)[C@H](Cc1ccccc1)NC(=O)[C@H](CC(=O)O)NC(=O)CNC(=O)c1ccc(NC(=N)N)cc1)C(=O)N1CCC[C@H]1C(=O)N[C@@H](CCC(=O)O)C(=O)N[C@@H](CCC(=O)O)C(=O)N[C@@H](Cc1ccc(O)c(P(=O)(O)O)c1)C(=O)N[C@@H](CC(C)C)C(=O)N[C@H](CCC(=O)O)C(=O)O. The van der Waals surface area contributed by atoms with Crippen LogP contribution < -0.4 is 69.5 Å². The van der Waals surface area contributed by atoms with E-state index in [-0.39, 0.29) is 55.7 Å². The summed E-state index contributed by atoms with van der Waals surface area (Å²) in [5.41, 5.74) is 6.03. The lowest BCUT2D eigenvalue weighted by Crippen LogP contribution is -2.68. The number of amides is 12. The van der Waals surface area contributed by atoms with Gasteiger partial charge in [0.05, 0.1) is 13.0 Å². The number of piperidine rings is 2. The molecular formula is C77H104N15O28P. The van der Waals surface area contributed by atoms with Crippen molar-refractivity contribution in [3.63, 3.8) is 0 Å². The average Bonchev–Trinajstić information content (AvgIpc) is 0.906. The molecule has 3 aliphatic heterocycles. The van der Waals surface area contributed by atoms with Gasteiger partial charge in [-0.25, -0.2) is 4.79 Å². The summed E-state index contributed by atoms with van der Waals surface area (Å²) in [5, 5.41) is 102. The predicted octanol–water partition coefficient (Wildman–Crippen LogP) is -2.05. The van der Waals surface area contributed by atoms with Gasteiger partial charge in [0.1, 0.15) is 77.5 Å². The number of benzene rings is 3. The maximum Gasteiger partial charge on any atom is 0.359 e. The van der Waals surface area contributed by atoms with Crippen LogP contribution in [-0.4, -0.2) is 254 Å². The van der Waals surface area contributed by atoms with E-state index >= 15 is 14.4 Å².